The highest BCUT2D eigenvalue weighted by atomic mass is 32.1. The Morgan fingerprint density at radius 1 is 0.914 bits per heavy atom. The number of aryl methyl sites for hydroxylation is 2. The number of fused-ring (bicyclic) bond motifs is 1. The van der Waals surface area contributed by atoms with Gasteiger partial charge in [-0.2, -0.15) is 0 Å². The van der Waals surface area contributed by atoms with Crippen molar-refractivity contribution < 1.29 is 14.0 Å². The number of hydrogen-bond donors (Lipinski definition) is 0. The molecular formula is C28H33N4O2S+. The second-order valence-electron chi connectivity index (χ2n) is 8.30. The Labute approximate surface area is 211 Å². The van der Waals surface area contributed by atoms with Gasteiger partial charge in [0, 0.05) is 24.8 Å². The molecule has 0 radical (unpaired) electrons. The SMILES string of the molecule is CCc1ccc(COCCN(CC)c2ccc(/N=N/c3sc4cc(OC)ccc4[n+]3C)cc2)cc1. The van der Waals surface area contributed by atoms with Gasteiger partial charge in [-0.25, -0.2) is 4.57 Å². The van der Waals surface area contributed by atoms with Gasteiger partial charge < -0.3 is 14.4 Å². The van der Waals surface area contributed by atoms with Crippen molar-refractivity contribution in [2.75, 3.05) is 31.7 Å². The second-order valence-corrected chi connectivity index (χ2v) is 9.31. The zero-order valence-electron chi connectivity index (χ0n) is 20.9. The van der Waals surface area contributed by atoms with Crippen LogP contribution in [-0.4, -0.2) is 26.8 Å². The number of ether oxygens (including phenoxy) is 2. The number of methoxy groups -OCH3 is 1. The number of anilines is 1. The van der Waals surface area contributed by atoms with E-state index in [1.54, 1.807) is 18.4 Å². The van der Waals surface area contributed by atoms with E-state index >= 15 is 0 Å². The van der Waals surface area contributed by atoms with Crippen LogP contribution in [0.4, 0.5) is 16.5 Å². The second kappa shape index (κ2) is 11.9. The summed E-state index contributed by atoms with van der Waals surface area (Å²) in [5.74, 6) is 0.843. The van der Waals surface area contributed by atoms with E-state index < -0.39 is 0 Å². The molecular weight excluding hydrogens is 456 g/mol. The van der Waals surface area contributed by atoms with Gasteiger partial charge in [0.2, 0.25) is 0 Å². The Bertz CT molecular complexity index is 1270. The summed E-state index contributed by atoms with van der Waals surface area (Å²) < 4.78 is 14.4. The fourth-order valence-corrected chi connectivity index (χ4v) is 4.87. The average molecular weight is 490 g/mol. The van der Waals surface area contributed by atoms with Crippen LogP contribution >= 0.6 is 11.3 Å². The van der Waals surface area contributed by atoms with Crippen molar-refractivity contribution in [3.05, 3.63) is 77.9 Å². The molecule has 182 valence electrons. The molecule has 35 heavy (non-hydrogen) atoms. The Kier molecular flexibility index (Phi) is 8.45. The molecule has 0 bridgehead atoms. The summed E-state index contributed by atoms with van der Waals surface area (Å²) in [7, 11) is 3.68. The van der Waals surface area contributed by atoms with Gasteiger partial charge in [0.1, 0.15) is 17.0 Å². The summed E-state index contributed by atoms with van der Waals surface area (Å²) in [4.78, 5) is 2.31. The van der Waals surface area contributed by atoms with Crippen molar-refractivity contribution in [1.29, 1.82) is 0 Å². The first-order valence-electron chi connectivity index (χ1n) is 12.0. The molecule has 0 unspecified atom stereocenters. The summed E-state index contributed by atoms with van der Waals surface area (Å²) in [6.07, 6.45) is 1.06. The summed E-state index contributed by atoms with van der Waals surface area (Å²) >= 11 is 1.60. The van der Waals surface area contributed by atoms with Gasteiger partial charge in [0.25, 0.3) is 0 Å². The van der Waals surface area contributed by atoms with E-state index in [-0.39, 0.29) is 0 Å². The topological polar surface area (TPSA) is 50.3 Å². The minimum Gasteiger partial charge on any atom is -0.497 e. The average Bonchev–Trinajstić information content (AvgIpc) is 3.22. The third kappa shape index (κ3) is 6.24. The Morgan fingerprint density at radius 2 is 1.66 bits per heavy atom. The van der Waals surface area contributed by atoms with Crippen LogP contribution in [0.5, 0.6) is 5.75 Å². The molecule has 0 saturated heterocycles. The van der Waals surface area contributed by atoms with E-state index in [0.29, 0.717) is 13.2 Å². The third-order valence-electron chi connectivity index (χ3n) is 6.07. The molecule has 0 aliphatic heterocycles. The summed E-state index contributed by atoms with van der Waals surface area (Å²) in [6.45, 7) is 7.40. The van der Waals surface area contributed by atoms with E-state index in [2.05, 4.69) is 65.4 Å². The van der Waals surface area contributed by atoms with Gasteiger partial charge in [0.05, 0.1) is 37.2 Å². The zero-order chi connectivity index (χ0) is 24.6. The molecule has 0 aliphatic carbocycles. The van der Waals surface area contributed by atoms with Gasteiger partial charge in [-0.3, -0.25) is 0 Å². The number of thiazole rings is 1. The smallest absolute Gasteiger partial charge is 0.409 e. The van der Waals surface area contributed by atoms with Crippen molar-refractivity contribution in [3.63, 3.8) is 0 Å². The first kappa shape index (κ1) is 24.8. The number of nitrogens with zero attached hydrogens (tertiary/aromatic N) is 4. The molecule has 0 saturated carbocycles. The van der Waals surface area contributed by atoms with Gasteiger partial charge >= 0.3 is 5.13 Å². The van der Waals surface area contributed by atoms with Crippen molar-refractivity contribution in [2.45, 2.75) is 26.9 Å². The maximum Gasteiger partial charge on any atom is 0.409 e. The van der Waals surface area contributed by atoms with Gasteiger partial charge in [0.15, 0.2) is 0 Å². The number of likely N-dealkylation sites (N-methyl/N-ethyl adjacent to an activating group) is 1. The van der Waals surface area contributed by atoms with Gasteiger partial charge in [-0.05, 0) is 77.3 Å². The van der Waals surface area contributed by atoms with Crippen molar-refractivity contribution in [1.82, 2.24) is 0 Å². The van der Waals surface area contributed by atoms with Gasteiger partial charge in [-0.15, -0.1) is 0 Å². The first-order valence-corrected chi connectivity index (χ1v) is 12.8. The molecule has 1 aromatic heterocycles. The van der Waals surface area contributed by atoms with Crippen LogP contribution in [0.25, 0.3) is 10.2 Å². The molecule has 0 atom stereocenters. The predicted molar refractivity (Wildman–Crippen MR) is 144 cm³/mol. The molecule has 6 nitrogen and oxygen atoms in total. The third-order valence-corrected chi connectivity index (χ3v) is 7.15. The number of hydrogen-bond acceptors (Lipinski definition) is 6. The van der Waals surface area contributed by atoms with Crippen LogP contribution in [0.2, 0.25) is 0 Å². The highest BCUT2D eigenvalue weighted by Crippen LogP contribution is 2.30. The number of azo groups is 1. The standard InChI is InChI=1S/C28H33N4O2S/c1-5-21-7-9-22(10-8-21)20-34-18-17-32(6-2)24-13-11-23(12-14-24)29-30-28-31(3)26-16-15-25(33-4)19-27(26)35-28/h7-16,19H,5-6,17-18,20H2,1-4H3/q+1. The lowest BCUT2D eigenvalue weighted by atomic mass is 10.1. The Balaban J connectivity index is 1.33. The predicted octanol–water partition coefficient (Wildman–Crippen LogP) is 6.76. The van der Waals surface area contributed by atoms with Crippen LogP contribution in [-0.2, 0) is 24.8 Å². The number of aromatic nitrogens is 1. The van der Waals surface area contributed by atoms with Crippen LogP contribution in [0, 0.1) is 0 Å². The minimum atomic E-state index is 0.642. The van der Waals surface area contributed by atoms with E-state index in [1.165, 1.54) is 11.1 Å². The van der Waals surface area contributed by atoms with E-state index in [9.17, 15) is 0 Å². The molecule has 7 heteroatoms. The number of benzene rings is 3. The quantitative estimate of drug-likeness (QED) is 0.133. The molecule has 4 rings (SSSR count). The zero-order valence-corrected chi connectivity index (χ0v) is 21.7. The highest BCUT2D eigenvalue weighted by Gasteiger charge is 2.16. The summed E-state index contributed by atoms with van der Waals surface area (Å²) in [5.41, 5.74) is 5.66. The lowest BCUT2D eigenvalue weighted by molar-refractivity contribution is -0.627. The van der Waals surface area contributed by atoms with E-state index in [4.69, 9.17) is 9.47 Å². The van der Waals surface area contributed by atoms with Crippen molar-refractivity contribution in [3.8, 4) is 5.75 Å². The van der Waals surface area contributed by atoms with Crippen LogP contribution < -0.4 is 14.2 Å². The molecule has 3 aromatic carbocycles. The Morgan fingerprint density at radius 3 is 2.34 bits per heavy atom. The molecule has 0 amide bonds. The van der Waals surface area contributed by atoms with E-state index in [0.717, 1.165) is 52.0 Å². The molecule has 1 heterocycles. The van der Waals surface area contributed by atoms with Crippen molar-refractivity contribution >= 4 is 38.1 Å². The fraction of sp³-hybridized carbons (Fsp3) is 0.321. The highest BCUT2D eigenvalue weighted by molar-refractivity contribution is 7.21. The summed E-state index contributed by atoms with van der Waals surface area (Å²) in [6, 6.07) is 22.9. The normalized spacial score (nSPS) is 11.4. The van der Waals surface area contributed by atoms with Crippen LogP contribution in [0.3, 0.4) is 0 Å². The Hall–Kier alpha value is -3.29. The largest absolute Gasteiger partial charge is 0.497 e. The van der Waals surface area contributed by atoms with Gasteiger partial charge in [-0.1, -0.05) is 31.2 Å². The molecule has 4 aromatic rings. The fourth-order valence-electron chi connectivity index (χ4n) is 3.87. The van der Waals surface area contributed by atoms with Crippen LogP contribution in [0.1, 0.15) is 25.0 Å². The summed E-state index contributed by atoms with van der Waals surface area (Å²) in [5, 5.41) is 9.80. The van der Waals surface area contributed by atoms with E-state index in [1.807, 2.05) is 41.9 Å². The van der Waals surface area contributed by atoms with Crippen LogP contribution in [0.15, 0.2) is 77.0 Å². The monoisotopic (exact) mass is 489 g/mol. The maximum atomic E-state index is 5.92. The lowest BCUT2D eigenvalue weighted by Crippen LogP contribution is -2.27. The molecule has 0 spiro atoms. The lowest BCUT2D eigenvalue weighted by Gasteiger charge is -2.23. The molecule has 0 aliphatic rings. The molecule has 0 N–H and O–H groups in total. The first-order chi connectivity index (χ1) is 17.1. The number of rotatable bonds is 11. The van der Waals surface area contributed by atoms with Crippen molar-refractivity contribution in [2.24, 2.45) is 17.3 Å². The minimum absolute atomic E-state index is 0.642. The molecule has 0 fully saturated rings. The maximum absolute atomic E-state index is 5.92.